The van der Waals surface area contributed by atoms with Crippen LogP contribution in [0.4, 0.5) is 0 Å². The molecule has 7 heteroatoms. The molecule has 0 heterocycles. The summed E-state index contributed by atoms with van der Waals surface area (Å²) in [5, 5.41) is 22.3. The molecule has 0 aliphatic heterocycles. The van der Waals surface area contributed by atoms with E-state index in [0.717, 1.165) is 77.5 Å². The Hall–Kier alpha value is -0.920. The topological polar surface area (TPSA) is 86.7 Å². The molecule has 0 N–H and O–H groups in total. The van der Waals surface area contributed by atoms with E-state index >= 15 is 0 Å². The van der Waals surface area contributed by atoms with Crippen molar-refractivity contribution in [2.75, 3.05) is 39.3 Å². The van der Waals surface area contributed by atoms with E-state index < -0.39 is 11.9 Å². The number of hydrogen-bond donors (Lipinski definition) is 0. The van der Waals surface area contributed by atoms with Gasteiger partial charge in [-0.15, -0.1) is 26.3 Å². The van der Waals surface area contributed by atoms with Crippen molar-refractivity contribution in [2.24, 2.45) is 23.7 Å². The molecule has 340 valence electrons. The zero-order valence-electron chi connectivity index (χ0n) is 39.7. The third-order valence-corrected chi connectivity index (χ3v) is 11.9. The Morgan fingerprint density at radius 3 is 0.780 bits per heavy atom. The van der Waals surface area contributed by atoms with Gasteiger partial charge in [0, 0.05) is 13.1 Å². The van der Waals surface area contributed by atoms with Crippen LogP contribution >= 0.6 is 0 Å². The molecule has 0 aliphatic carbocycles. The van der Waals surface area contributed by atoms with Gasteiger partial charge in [-0.05, 0) is 127 Å². The normalized spacial score (nSPS) is 13.1. The molecule has 4 atom stereocenters. The molecule has 0 aromatic carbocycles. The van der Waals surface area contributed by atoms with Crippen LogP contribution in [0.2, 0.25) is 0 Å². The van der Waals surface area contributed by atoms with Crippen LogP contribution in [0.1, 0.15) is 207 Å². The minimum atomic E-state index is -0.949. The Balaban J connectivity index is -0.00000105. The maximum atomic E-state index is 11.1. The molecule has 0 radical (unpaired) electrons. The maximum absolute atomic E-state index is 11.1. The van der Waals surface area contributed by atoms with Gasteiger partial charge in [0.1, 0.15) is 0 Å². The standard InChI is InChI=1S/2C26H49NO2.Ca/c2*1-5-7-9-11-13-15-17-24(3)19-21-27(23-26(28)29)22-20-25(4)18-16-14-12-10-8-6-2;/h2*5-6,24-25H,1-2,7-23H2,3-4H3,(H,28,29);/q;;+2/p-2. The summed E-state index contributed by atoms with van der Waals surface area (Å²) in [6.45, 7) is 27.9. The van der Waals surface area contributed by atoms with E-state index in [9.17, 15) is 19.8 Å². The summed E-state index contributed by atoms with van der Waals surface area (Å²) in [6, 6.07) is 0. The molecule has 0 saturated carbocycles. The molecule has 0 aromatic heterocycles. The molecular weight excluding hydrogens is 757 g/mol. The van der Waals surface area contributed by atoms with Crippen LogP contribution in [0, 0.1) is 23.7 Å². The van der Waals surface area contributed by atoms with Crippen molar-refractivity contribution in [3.8, 4) is 0 Å². The fourth-order valence-corrected chi connectivity index (χ4v) is 7.63. The summed E-state index contributed by atoms with van der Waals surface area (Å²) in [5.41, 5.74) is 0. The van der Waals surface area contributed by atoms with Gasteiger partial charge in [0.15, 0.2) is 0 Å². The fraction of sp³-hybridized carbons (Fsp3) is 0.808. The molecule has 0 aliphatic rings. The molecule has 4 unspecified atom stereocenters. The molecule has 0 aromatic rings. The first kappa shape index (κ1) is 62.4. The Morgan fingerprint density at radius 2 is 0.593 bits per heavy atom. The average Bonchev–Trinajstić information content (AvgIpc) is 3.19. The van der Waals surface area contributed by atoms with Crippen molar-refractivity contribution in [2.45, 2.75) is 207 Å². The summed E-state index contributed by atoms with van der Waals surface area (Å²) >= 11 is 0. The number of carboxylic acids is 2. The Labute approximate surface area is 397 Å². The zero-order chi connectivity index (χ0) is 43.5. The summed E-state index contributed by atoms with van der Waals surface area (Å²) in [7, 11) is 0. The third kappa shape index (κ3) is 49.6. The molecule has 0 amide bonds. The minimum absolute atomic E-state index is 0. The summed E-state index contributed by atoms with van der Waals surface area (Å²) in [5.74, 6) is 0.737. The predicted molar refractivity (Wildman–Crippen MR) is 255 cm³/mol. The van der Waals surface area contributed by atoms with Crippen molar-refractivity contribution < 1.29 is 19.8 Å². The van der Waals surface area contributed by atoms with Gasteiger partial charge in [-0.1, -0.05) is 155 Å². The van der Waals surface area contributed by atoms with Gasteiger partial charge >= 0.3 is 37.7 Å². The Morgan fingerprint density at radius 1 is 0.390 bits per heavy atom. The van der Waals surface area contributed by atoms with E-state index in [1.807, 2.05) is 24.3 Å². The maximum Gasteiger partial charge on any atom is 2.00 e. The monoisotopic (exact) mass is 853 g/mol. The zero-order valence-corrected chi connectivity index (χ0v) is 41.9. The average molecular weight is 853 g/mol. The Bertz CT molecular complexity index is 838. The molecule has 0 spiro atoms. The molecule has 0 bridgehead atoms. The van der Waals surface area contributed by atoms with Crippen LogP contribution in [0.15, 0.2) is 50.6 Å². The summed E-state index contributed by atoms with van der Waals surface area (Å²) in [6.07, 6.45) is 42.3. The number of unbranched alkanes of at least 4 members (excludes halogenated alkanes) is 16. The SMILES string of the molecule is C=CCCCCCCC(C)CCN(CCC(C)CCCCCCC=C)CC(=O)[O-].C=CCCCCCCC(C)CCN(CCC(C)CCCCCCC=C)CC(=O)[O-].[Ca+2]. The third-order valence-electron chi connectivity index (χ3n) is 11.9. The van der Waals surface area contributed by atoms with Crippen molar-refractivity contribution in [1.82, 2.24) is 9.80 Å². The number of carbonyl (C=O) groups excluding carboxylic acids is 2. The van der Waals surface area contributed by atoms with E-state index in [1.165, 1.54) is 128 Å². The van der Waals surface area contributed by atoms with Crippen LogP contribution in [0.5, 0.6) is 0 Å². The van der Waals surface area contributed by atoms with Gasteiger partial charge in [-0.25, -0.2) is 0 Å². The summed E-state index contributed by atoms with van der Waals surface area (Å²) in [4.78, 5) is 26.4. The van der Waals surface area contributed by atoms with Gasteiger partial charge in [0.25, 0.3) is 0 Å². The van der Waals surface area contributed by atoms with Crippen molar-refractivity contribution in [1.29, 1.82) is 0 Å². The number of hydrogen-bond acceptors (Lipinski definition) is 6. The van der Waals surface area contributed by atoms with Crippen LogP contribution in [0.3, 0.4) is 0 Å². The van der Waals surface area contributed by atoms with E-state index in [4.69, 9.17) is 0 Å². The van der Waals surface area contributed by atoms with Gasteiger partial charge in [-0.2, -0.15) is 0 Å². The minimum Gasteiger partial charge on any atom is -0.549 e. The first-order valence-electron chi connectivity index (χ1n) is 24.3. The number of nitrogens with zero attached hydrogens (tertiary/aromatic N) is 2. The van der Waals surface area contributed by atoms with Gasteiger partial charge in [0.2, 0.25) is 0 Å². The van der Waals surface area contributed by atoms with E-state index in [-0.39, 0.29) is 50.8 Å². The largest absolute Gasteiger partial charge is 2.00 e. The van der Waals surface area contributed by atoms with Crippen LogP contribution in [-0.2, 0) is 9.59 Å². The second kappa shape index (κ2) is 48.1. The smallest absolute Gasteiger partial charge is 0.549 e. The molecular formula is C52H96CaN2O4. The van der Waals surface area contributed by atoms with E-state index in [1.54, 1.807) is 0 Å². The number of carbonyl (C=O) groups is 2. The fourth-order valence-electron chi connectivity index (χ4n) is 7.63. The van der Waals surface area contributed by atoms with Crippen LogP contribution in [0.25, 0.3) is 0 Å². The first-order chi connectivity index (χ1) is 28.0. The van der Waals surface area contributed by atoms with Crippen molar-refractivity contribution in [3.05, 3.63) is 50.6 Å². The number of aliphatic carboxylic acids is 2. The van der Waals surface area contributed by atoms with Crippen molar-refractivity contribution in [3.63, 3.8) is 0 Å². The number of carboxylic acid groups (broad SMARTS) is 2. The molecule has 0 rings (SSSR count). The predicted octanol–water partition coefficient (Wildman–Crippen LogP) is 11.9. The van der Waals surface area contributed by atoms with E-state index in [0.29, 0.717) is 23.7 Å². The summed E-state index contributed by atoms with van der Waals surface area (Å²) < 4.78 is 0. The van der Waals surface area contributed by atoms with Crippen LogP contribution < -0.4 is 10.2 Å². The number of allylic oxidation sites excluding steroid dienone is 4. The van der Waals surface area contributed by atoms with Crippen molar-refractivity contribution >= 4 is 49.7 Å². The van der Waals surface area contributed by atoms with Gasteiger partial charge in [-0.3, -0.25) is 9.80 Å². The molecule has 59 heavy (non-hydrogen) atoms. The van der Waals surface area contributed by atoms with Gasteiger partial charge in [0.05, 0.1) is 11.9 Å². The molecule has 0 fully saturated rings. The second-order valence-corrected chi connectivity index (χ2v) is 18.0. The molecule has 6 nitrogen and oxygen atoms in total. The molecule has 0 saturated heterocycles. The first-order valence-corrected chi connectivity index (χ1v) is 24.3. The quantitative estimate of drug-likeness (QED) is 0.0345. The van der Waals surface area contributed by atoms with Crippen LogP contribution in [-0.4, -0.2) is 98.7 Å². The van der Waals surface area contributed by atoms with Gasteiger partial charge < -0.3 is 19.8 Å². The second-order valence-electron chi connectivity index (χ2n) is 18.0. The Kier molecular flexibility index (Phi) is 50.9. The van der Waals surface area contributed by atoms with E-state index in [2.05, 4.69) is 63.8 Å². The number of rotatable bonds is 44.